The second-order valence-corrected chi connectivity index (χ2v) is 6.45. The van der Waals surface area contributed by atoms with E-state index in [1.54, 1.807) is 23.9 Å². The van der Waals surface area contributed by atoms with Gasteiger partial charge in [-0.3, -0.25) is 4.79 Å². The fraction of sp³-hybridized carbons (Fsp3) is 0.533. The fourth-order valence-corrected chi connectivity index (χ4v) is 3.25. The van der Waals surface area contributed by atoms with Crippen LogP contribution in [0.3, 0.4) is 0 Å². The summed E-state index contributed by atoms with van der Waals surface area (Å²) >= 11 is 13.7. The Morgan fingerprint density at radius 2 is 2.14 bits per heavy atom. The average Bonchev–Trinajstić information content (AvgIpc) is 2.46. The van der Waals surface area contributed by atoms with E-state index in [-0.39, 0.29) is 12.0 Å². The third kappa shape index (κ3) is 6.92. The first-order valence-electron chi connectivity index (χ1n) is 7.06. The van der Waals surface area contributed by atoms with Gasteiger partial charge in [0.1, 0.15) is 6.04 Å². The number of benzene rings is 1. The second kappa shape index (κ2) is 10.3. The van der Waals surface area contributed by atoms with E-state index in [0.29, 0.717) is 23.1 Å². The van der Waals surface area contributed by atoms with E-state index in [0.717, 1.165) is 23.6 Å². The van der Waals surface area contributed by atoms with Crippen LogP contribution in [0.4, 0.5) is 0 Å². The molecule has 0 heterocycles. The third-order valence-corrected chi connectivity index (χ3v) is 4.53. The van der Waals surface area contributed by atoms with Gasteiger partial charge in [-0.15, -0.1) is 11.8 Å². The lowest BCUT2D eigenvalue weighted by Gasteiger charge is -2.16. The Hall–Kier alpha value is -0.420. The minimum absolute atomic E-state index is 0.191. The highest BCUT2D eigenvalue weighted by Crippen LogP contribution is 2.30. The molecule has 21 heavy (non-hydrogen) atoms. The SMILES string of the molecule is CCCNC(CCSc1cc(Cl)ccc1Cl)C(=O)OCC. The molecule has 0 radical (unpaired) electrons. The highest BCUT2D eigenvalue weighted by Gasteiger charge is 2.18. The highest BCUT2D eigenvalue weighted by molar-refractivity contribution is 7.99. The fourth-order valence-electron chi connectivity index (χ4n) is 1.74. The molecule has 1 unspecified atom stereocenters. The number of hydrogen-bond donors (Lipinski definition) is 1. The molecule has 0 saturated heterocycles. The molecule has 0 aliphatic rings. The first-order chi connectivity index (χ1) is 10.1. The summed E-state index contributed by atoms with van der Waals surface area (Å²) in [6.45, 7) is 5.08. The zero-order valence-corrected chi connectivity index (χ0v) is 14.7. The number of ether oxygens (including phenoxy) is 1. The maximum atomic E-state index is 11.9. The van der Waals surface area contributed by atoms with Crippen LogP contribution in [0.2, 0.25) is 10.0 Å². The lowest BCUT2D eigenvalue weighted by Crippen LogP contribution is -2.39. The Morgan fingerprint density at radius 1 is 1.38 bits per heavy atom. The van der Waals surface area contributed by atoms with Crippen molar-refractivity contribution in [2.24, 2.45) is 0 Å². The molecular weight excluding hydrogens is 329 g/mol. The van der Waals surface area contributed by atoms with E-state index >= 15 is 0 Å². The molecule has 1 N–H and O–H groups in total. The standard InChI is InChI=1S/C15H21Cl2NO2S/c1-3-8-18-13(15(19)20-4-2)7-9-21-14-10-11(16)5-6-12(14)17/h5-6,10,13,18H,3-4,7-9H2,1-2H3. The first kappa shape index (κ1) is 18.6. The molecule has 0 amide bonds. The smallest absolute Gasteiger partial charge is 0.323 e. The molecule has 3 nitrogen and oxygen atoms in total. The molecule has 1 rings (SSSR count). The van der Waals surface area contributed by atoms with Crippen molar-refractivity contribution in [3.63, 3.8) is 0 Å². The van der Waals surface area contributed by atoms with Gasteiger partial charge in [-0.05, 0) is 44.5 Å². The van der Waals surface area contributed by atoms with Gasteiger partial charge in [0.15, 0.2) is 0 Å². The molecule has 118 valence electrons. The summed E-state index contributed by atoms with van der Waals surface area (Å²) in [6, 6.07) is 5.12. The summed E-state index contributed by atoms with van der Waals surface area (Å²) in [5.41, 5.74) is 0. The highest BCUT2D eigenvalue weighted by atomic mass is 35.5. The van der Waals surface area contributed by atoms with Gasteiger partial charge in [-0.2, -0.15) is 0 Å². The van der Waals surface area contributed by atoms with Gasteiger partial charge in [0.05, 0.1) is 11.6 Å². The van der Waals surface area contributed by atoms with Crippen molar-refractivity contribution in [3.8, 4) is 0 Å². The lowest BCUT2D eigenvalue weighted by atomic mass is 10.2. The maximum absolute atomic E-state index is 11.9. The zero-order chi connectivity index (χ0) is 15.7. The minimum atomic E-state index is -0.268. The quantitative estimate of drug-likeness (QED) is 0.529. The Bertz CT molecular complexity index is 457. The van der Waals surface area contributed by atoms with Gasteiger partial charge in [-0.1, -0.05) is 30.1 Å². The summed E-state index contributed by atoms with van der Waals surface area (Å²) in [6.07, 6.45) is 1.66. The molecule has 6 heteroatoms. The maximum Gasteiger partial charge on any atom is 0.323 e. The van der Waals surface area contributed by atoms with Gasteiger partial charge in [0.2, 0.25) is 0 Å². The Balaban J connectivity index is 2.52. The van der Waals surface area contributed by atoms with Crippen LogP contribution in [-0.2, 0) is 9.53 Å². The number of nitrogens with one attached hydrogen (secondary N) is 1. The molecule has 0 spiro atoms. The second-order valence-electron chi connectivity index (χ2n) is 4.47. The molecule has 0 aliphatic carbocycles. The summed E-state index contributed by atoms with van der Waals surface area (Å²) < 4.78 is 5.09. The van der Waals surface area contributed by atoms with E-state index in [2.05, 4.69) is 12.2 Å². The molecule has 1 atom stereocenters. The van der Waals surface area contributed by atoms with E-state index in [4.69, 9.17) is 27.9 Å². The predicted octanol–water partition coefficient (Wildman–Crippen LogP) is 4.41. The van der Waals surface area contributed by atoms with Crippen LogP contribution in [0, 0.1) is 0 Å². The van der Waals surface area contributed by atoms with E-state index < -0.39 is 0 Å². The van der Waals surface area contributed by atoms with Crippen molar-refractivity contribution in [3.05, 3.63) is 28.2 Å². The topological polar surface area (TPSA) is 38.3 Å². The van der Waals surface area contributed by atoms with Crippen molar-refractivity contribution in [2.75, 3.05) is 18.9 Å². The molecule has 0 aromatic heterocycles. The molecular formula is C15H21Cl2NO2S. The molecule has 0 saturated carbocycles. The van der Waals surface area contributed by atoms with Crippen molar-refractivity contribution in [1.82, 2.24) is 5.32 Å². The van der Waals surface area contributed by atoms with E-state index in [1.165, 1.54) is 0 Å². The first-order valence-corrected chi connectivity index (χ1v) is 8.80. The molecule has 1 aromatic carbocycles. The van der Waals surface area contributed by atoms with Gasteiger partial charge in [0, 0.05) is 15.7 Å². The summed E-state index contributed by atoms with van der Waals surface area (Å²) in [5.74, 6) is 0.573. The van der Waals surface area contributed by atoms with Crippen LogP contribution in [0.25, 0.3) is 0 Å². The normalized spacial score (nSPS) is 12.2. The summed E-state index contributed by atoms with van der Waals surface area (Å²) in [5, 5.41) is 4.56. The van der Waals surface area contributed by atoms with Gasteiger partial charge < -0.3 is 10.1 Å². The van der Waals surface area contributed by atoms with Crippen molar-refractivity contribution < 1.29 is 9.53 Å². The van der Waals surface area contributed by atoms with Crippen LogP contribution >= 0.6 is 35.0 Å². The van der Waals surface area contributed by atoms with Crippen molar-refractivity contribution in [1.29, 1.82) is 0 Å². The number of hydrogen-bond acceptors (Lipinski definition) is 4. The summed E-state index contributed by atoms with van der Waals surface area (Å²) in [7, 11) is 0. The van der Waals surface area contributed by atoms with Crippen molar-refractivity contribution >= 4 is 40.9 Å². The minimum Gasteiger partial charge on any atom is -0.465 e. The molecule has 0 bridgehead atoms. The number of esters is 1. The zero-order valence-electron chi connectivity index (χ0n) is 12.3. The van der Waals surface area contributed by atoms with Gasteiger partial charge in [0.25, 0.3) is 0 Å². The van der Waals surface area contributed by atoms with E-state index in [1.807, 2.05) is 13.0 Å². The average molecular weight is 350 g/mol. The molecule has 0 aliphatic heterocycles. The lowest BCUT2D eigenvalue weighted by molar-refractivity contribution is -0.145. The van der Waals surface area contributed by atoms with Crippen LogP contribution < -0.4 is 5.32 Å². The monoisotopic (exact) mass is 349 g/mol. The van der Waals surface area contributed by atoms with Crippen LogP contribution in [-0.4, -0.2) is 30.9 Å². The Kier molecular flexibility index (Phi) is 9.16. The number of carbonyl (C=O) groups is 1. The number of carbonyl (C=O) groups excluding carboxylic acids is 1. The molecule has 1 aromatic rings. The van der Waals surface area contributed by atoms with Crippen LogP contribution in [0.15, 0.2) is 23.1 Å². The van der Waals surface area contributed by atoms with Gasteiger partial charge in [-0.25, -0.2) is 0 Å². The van der Waals surface area contributed by atoms with Crippen LogP contribution in [0.5, 0.6) is 0 Å². The van der Waals surface area contributed by atoms with Crippen molar-refractivity contribution in [2.45, 2.75) is 37.6 Å². The predicted molar refractivity (Wildman–Crippen MR) is 90.5 cm³/mol. The van der Waals surface area contributed by atoms with Crippen LogP contribution in [0.1, 0.15) is 26.7 Å². The van der Waals surface area contributed by atoms with Gasteiger partial charge >= 0.3 is 5.97 Å². The largest absolute Gasteiger partial charge is 0.465 e. The summed E-state index contributed by atoms with van der Waals surface area (Å²) in [4.78, 5) is 12.8. The Labute approximate surface area is 140 Å². The Morgan fingerprint density at radius 3 is 2.81 bits per heavy atom. The third-order valence-electron chi connectivity index (χ3n) is 2.77. The number of rotatable bonds is 9. The number of halogens is 2. The molecule has 0 fully saturated rings. The number of thioether (sulfide) groups is 1. The van der Waals surface area contributed by atoms with E-state index in [9.17, 15) is 4.79 Å².